The Morgan fingerprint density at radius 3 is 2.55 bits per heavy atom. The van der Waals surface area contributed by atoms with Crippen LogP contribution < -0.4 is 10.6 Å². The van der Waals surface area contributed by atoms with E-state index >= 15 is 0 Å². The number of piperazine rings is 1. The maximum absolute atomic E-state index is 12.5. The van der Waals surface area contributed by atoms with Crippen molar-refractivity contribution in [3.8, 4) is 0 Å². The Kier molecular flexibility index (Phi) is 7.50. The number of nitrogens with one attached hydrogen (secondary N) is 2. The zero-order valence-corrected chi connectivity index (χ0v) is 17.7. The van der Waals surface area contributed by atoms with Crippen LogP contribution in [0.5, 0.6) is 0 Å². The van der Waals surface area contributed by atoms with Crippen LogP contribution in [0.1, 0.15) is 32.6 Å². The van der Waals surface area contributed by atoms with Crippen molar-refractivity contribution < 1.29 is 24.2 Å². The SMILES string of the molecule is COCCC(=O)N[C@]1(C)CCOC2(CCN(CC(=O)N3CCNCC3)CC2)[C@H]1O. The number of carbonyl (C=O) groups is 2. The number of rotatable bonds is 6. The zero-order valence-electron chi connectivity index (χ0n) is 17.7. The first kappa shape index (κ1) is 22.4. The average molecular weight is 413 g/mol. The number of aliphatic hydroxyl groups excluding tert-OH is 1. The minimum Gasteiger partial charge on any atom is -0.388 e. The average Bonchev–Trinajstić information content (AvgIpc) is 2.73. The van der Waals surface area contributed by atoms with Crippen LogP contribution in [0, 0.1) is 0 Å². The molecule has 0 unspecified atom stereocenters. The molecule has 3 fully saturated rings. The Hall–Kier alpha value is -1.26. The van der Waals surface area contributed by atoms with Gasteiger partial charge in [-0.2, -0.15) is 0 Å². The van der Waals surface area contributed by atoms with Crippen LogP contribution in [0.4, 0.5) is 0 Å². The number of hydrogen-bond acceptors (Lipinski definition) is 7. The molecule has 3 aliphatic rings. The normalized spacial score (nSPS) is 30.3. The molecule has 0 aliphatic carbocycles. The largest absolute Gasteiger partial charge is 0.388 e. The molecule has 29 heavy (non-hydrogen) atoms. The van der Waals surface area contributed by atoms with Gasteiger partial charge in [-0.1, -0.05) is 0 Å². The smallest absolute Gasteiger partial charge is 0.236 e. The molecule has 0 bridgehead atoms. The molecule has 0 aromatic heterocycles. The molecule has 9 nitrogen and oxygen atoms in total. The fourth-order valence-electron chi connectivity index (χ4n) is 4.68. The molecule has 3 aliphatic heterocycles. The second-order valence-corrected chi connectivity index (χ2v) is 8.68. The number of amides is 2. The lowest BCUT2D eigenvalue weighted by Gasteiger charge is -2.53. The highest BCUT2D eigenvalue weighted by Crippen LogP contribution is 2.40. The lowest BCUT2D eigenvalue weighted by molar-refractivity contribution is -0.208. The predicted octanol–water partition coefficient (Wildman–Crippen LogP) is -1.05. The van der Waals surface area contributed by atoms with Crippen molar-refractivity contribution in [2.45, 2.75) is 49.9 Å². The number of ether oxygens (including phenoxy) is 2. The quantitative estimate of drug-likeness (QED) is 0.511. The van der Waals surface area contributed by atoms with Crippen molar-refractivity contribution in [3.05, 3.63) is 0 Å². The standard InChI is InChI=1S/C20H36N4O5/c1-19(22-16(25)3-13-28-2)6-14-29-20(18(19)27)4-9-23(10-5-20)15-17(26)24-11-7-21-8-12-24/h18,21,27H,3-15H2,1-2H3,(H,22,25)/t18-,19+/m0/s1. The van der Waals surface area contributed by atoms with Gasteiger partial charge in [0.15, 0.2) is 0 Å². The molecular formula is C20H36N4O5. The Morgan fingerprint density at radius 2 is 1.90 bits per heavy atom. The topological polar surface area (TPSA) is 103 Å². The third-order valence-corrected chi connectivity index (χ3v) is 6.60. The van der Waals surface area contributed by atoms with Crippen molar-refractivity contribution in [3.63, 3.8) is 0 Å². The Balaban J connectivity index is 1.54. The molecular weight excluding hydrogens is 376 g/mol. The Morgan fingerprint density at radius 1 is 1.21 bits per heavy atom. The molecule has 3 N–H and O–H groups in total. The number of carbonyl (C=O) groups excluding carboxylic acids is 2. The molecule has 1 spiro atoms. The monoisotopic (exact) mass is 412 g/mol. The first-order chi connectivity index (χ1) is 13.9. The van der Waals surface area contributed by atoms with Crippen LogP contribution in [0.15, 0.2) is 0 Å². The summed E-state index contributed by atoms with van der Waals surface area (Å²) in [7, 11) is 1.56. The summed E-state index contributed by atoms with van der Waals surface area (Å²) in [5.41, 5.74) is -1.39. The first-order valence-corrected chi connectivity index (χ1v) is 10.7. The van der Waals surface area contributed by atoms with Crippen LogP contribution >= 0.6 is 0 Å². The lowest BCUT2D eigenvalue weighted by Crippen LogP contribution is -2.69. The molecule has 2 atom stereocenters. The summed E-state index contributed by atoms with van der Waals surface area (Å²) >= 11 is 0. The van der Waals surface area contributed by atoms with E-state index in [4.69, 9.17) is 9.47 Å². The molecule has 0 saturated carbocycles. The van der Waals surface area contributed by atoms with Crippen molar-refractivity contribution in [2.24, 2.45) is 0 Å². The van der Waals surface area contributed by atoms with E-state index < -0.39 is 17.2 Å². The van der Waals surface area contributed by atoms with Gasteiger partial charge in [-0.05, 0) is 26.2 Å². The van der Waals surface area contributed by atoms with Gasteiger partial charge < -0.3 is 30.1 Å². The van der Waals surface area contributed by atoms with E-state index in [1.807, 2.05) is 11.8 Å². The molecule has 3 saturated heterocycles. The summed E-state index contributed by atoms with van der Waals surface area (Å²) in [6.07, 6.45) is 1.34. The maximum atomic E-state index is 12.5. The minimum absolute atomic E-state index is 0.121. The van der Waals surface area contributed by atoms with Crippen LogP contribution in [0.25, 0.3) is 0 Å². The van der Waals surface area contributed by atoms with Crippen molar-refractivity contribution >= 4 is 11.8 Å². The highest BCUT2D eigenvalue weighted by Gasteiger charge is 2.53. The molecule has 0 aromatic rings. The third-order valence-electron chi connectivity index (χ3n) is 6.60. The van der Waals surface area contributed by atoms with Gasteiger partial charge in [-0.3, -0.25) is 14.5 Å². The Labute approximate surface area is 173 Å². The summed E-state index contributed by atoms with van der Waals surface area (Å²) in [5, 5.41) is 17.4. The second-order valence-electron chi connectivity index (χ2n) is 8.68. The maximum Gasteiger partial charge on any atom is 0.236 e. The summed E-state index contributed by atoms with van der Waals surface area (Å²) in [6.45, 7) is 7.79. The molecule has 3 heterocycles. The van der Waals surface area contributed by atoms with Gasteiger partial charge in [-0.15, -0.1) is 0 Å². The predicted molar refractivity (Wildman–Crippen MR) is 107 cm³/mol. The van der Waals surface area contributed by atoms with E-state index in [0.29, 0.717) is 52.1 Å². The number of piperidine rings is 1. The zero-order chi connectivity index (χ0) is 20.9. The van der Waals surface area contributed by atoms with Crippen molar-refractivity contribution in [1.29, 1.82) is 0 Å². The van der Waals surface area contributed by atoms with Gasteiger partial charge in [0.1, 0.15) is 6.10 Å². The van der Waals surface area contributed by atoms with Gasteiger partial charge in [0.25, 0.3) is 0 Å². The fraction of sp³-hybridized carbons (Fsp3) is 0.900. The van der Waals surface area contributed by atoms with E-state index in [-0.39, 0.29) is 18.2 Å². The second kappa shape index (κ2) is 9.70. The van der Waals surface area contributed by atoms with Crippen LogP contribution in [-0.2, 0) is 19.1 Å². The molecule has 2 amide bonds. The molecule has 166 valence electrons. The fourth-order valence-corrected chi connectivity index (χ4v) is 4.68. The summed E-state index contributed by atoms with van der Waals surface area (Å²) in [4.78, 5) is 28.8. The highest BCUT2D eigenvalue weighted by molar-refractivity contribution is 5.78. The van der Waals surface area contributed by atoms with E-state index in [1.165, 1.54) is 0 Å². The highest BCUT2D eigenvalue weighted by atomic mass is 16.5. The summed E-state index contributed by atoms with van der Waals surface area (Å²) < 4.78 is 11.1. The summed E-state index contributed by atoms with van der Waals surface area (Å²) in [5.74, 6) is 0.0484. The van der Waals surface area contributed by atoms with Crippen molar-refractivity contribution in [2.75, 3.05) is 66.1 Å². The number of nitrogens with zero attached hydrogens (tertiary/aromatic N) is 2. The Bertz CT molecular complexity index is 575. The third kappa shape index (κ3) is 5.27. The summed E-state index contributed by atoms with van der Waals surface area (Å²) in [6, 6.07) is 0. The first-order valence-electron chi connectivity index (χ1n) is 10.7. The van der Waals surface area contributed by atoms with E-state index in [9.17, 15) is 14.7 Å². The number of hydrogen-bond donors (Lipinski definition) is 3. The molecule has 9 heteroatoms. The van der Waals surface area contributed by atoms with Gasteiger partial charge in [0, 0.05) is 59.4 Å². The lowest BCUT2D eigenvalue weighted by atomic mass is 9.73. The van der Waals surface area contributed by atoms with E-state index in [1.54, 1.807) is 7.11 Å². The number of methoxy groups -OCH3 is 1. The molecule has 3 rings (SSSR count). The van der Waals surface area contributed by atoms with Gasteiger partial charge in [0.05, 0.1) is 24.3 Å². The van der Waals surface area contributed by atoms with E-state index in [0.717, 1.165) is 26.2 Å². The van der Waals surface area contributed by atoms with Gasteiger partial charge in [0.2, 0.25) is 11.8 Å². The van der Waals surface area contributed by atoms with Gasteiger partial charge >= 0.3 is 0 Å². The molecule has 0 aromatic carbocycles. The van der Waals surface area contributed by atoms with E-state index in [2.05, 4.69) is 15.5 Å². The molecule has 0 radical (unpaired) electrons. The minimum atomic E-state index is -0.790. The van der Waals surface area contributed by atoms with Crippen LogP contribution in [0.2, 0.25) is 0 Å². The van der Waals surface area contributed by atoms with Crippen molar-refractivity contribution in [1.82, 2.24) is 20.4 Å². The van der Waals surface area contributed by atoms with Crippen LogP contribution in [-0.4, -0.2) is 110 Å². The van der Waals surface area contributed by atoms with Gasteiger partial charge in [-0.25, -0.2) is 0 Å². The number of likely N-dealkylation sites (tertiary alicyclic amines) is 1. The van der Waals surface area contributed by atoms with Crippen LogP contribution in [0.3, 0.4) is 0 Å². The number of aliphatic hydroxyl groups is 1.